The molecule has 0 fully saturated rings. The van der Waals surface area contributed by atoms with Crippen LogP contribution in [0.1, 0.15) is 10.4 Å². The Bertz CT molecular complexity index is 244. The molecule has 10 heavy (non-hydrogen) atoms. The molecule has 1 aromatic rings. The number of nitrogens with zero attached hydrogens (tertiary/aromatic N) is 2. The van der Waals surface area contributed by atoms with Gasteiger partial charge < -0.3 is 0 Å². The summed E-state index contributed by atoms with van der Waals surface area (Å²) >= 11 is 0. The third-order valence-electron chi connectivity index (χ3n) is 0.905. The van der Waals surface area contributed by atoms with Crippen LogP contribution in [0.3, 0.4) is 0 Å². The molecule has 0 aromatic carbocycles. The van der Waals surface area contributed by atoms with E-state index < -0.39 is 17.5 Å². The van der Waals surface area contributed by atoms with Crippen LogP contribution in [0.25, 0.3) is 0 Å². The van der Waals surface area contributed by atoms with Crippen molar-refractivity contribution in [3.63, 3.8) is 0 Å². The van der Waals surface area contributed by atoms with Crippen LogP contribution >= 0.6 is 0 Å². The Hall–Kier alpha value is -1.39. The second-order valence-electron chi connectivity index (χ2n) is 1.49. The highest BCUT2D eigenvalue weighted by Gasteiger charge is 2.08. The highest BCUT2D eigenvalue weighted by atomic mass is 19.1. The second kappa shape index (κ2) is 2.47. The molecule has 3 nitrogen and oxygen atoms in total. The van der Waals surface area contributed by atoms with E-state index in [-0.39, 0.29) is 6.29 Å². The number of hydrogen-bond acceptors (Lipinski definition) is 3. The van der Waals surface area contributed by atoms with Crippen LogP contribution in [0.4, 0.5) is 8.78 Å². The van der Waals surface area contributed by atoms with Gasteiger partial charge in [0.2, 0.25) is 11.9 Å². The number of aromatic nitrogens is 2. The molecular weight excluding hydrogens is 142 g/mol. The number of carbonyl (C=O) groups excluding carboxylic acids is 1. The fourth-order valence-corrected chi connectivity index (χ4v) is 0.452. The summed E-state index contributed by atoms with van der Waals surface area (Å²) in [7, 11) is 0. The van der Waals surface area contributed by atoms with Gasteiger partial charge in [-0.2, -0.15) is 8.78 Å². The van der Waals surface area contributed by atoms with E-state index in [4.69, 9.17) is 0 Å². The number of aldehydes is 1. The normalized spacial score (nSPS) is 9.40. The van der Waals surface area contributed by atoms with Gasteiger partial charge in [-0.25, -0.2) is 9.97 Å². The van der Waals surface area contributed by atoms with E-state index in [9.17, 15) is 13.6 Å². The second-order valence-corrected chi connectivity index (χ2v) is 1.49. The van der Waals surface area contributed by atoms with Crippen LogP contribution in [0.5, 0.6) is 0 Å². The smallest absolute Gasteiger partial charge is 0.229 e. The maximum atomic E-state index is 12.2. The monoisotopic (exact) mass is 144 g/mol. The highest BCUT2D eigenvalue weighted by Crippen LogP contribution is 2.01. The van der Waals surface area contributed by atoms with Gasteiger partial charge in [0, 0.05) is 0 Å². The molecule has 0 aliphatic carbocycles. The Morgan fingerprint density at radius 3 is 2.10 bits per heavy atom. The van der Waals surface area contributed by atoms with Crippen LogP contribution in [0.2, 0.25) is 0 Å². The number of carbonyl (C=O) groups is 1. The molecule has 0 saturated heterocycles. The SMILES string of the molecule is O=Cc1c(F)ncnc1F. The van der Waals surface area contributed by atoms with Crippen molar-refractivity contribution in [1.82, 2.24) is 9.97 Å². The van der Waals surface area contributed by atoms with Crippen molar-refractivity contribution in [2.45, 2.75) is 0 Å². The predicted octanol–water partition coefficient (Wildman–Crippen LogP) is 0.567. The highest BCUT2D eigenvalue weighted by molar-refractivity contribution is 5.74. The summed E-state index contributed by atoms with van der Waals surface area (Å²) in [6.07, 6.45) is 0.738. The average Bonchev–Trinajstić information content (AvgIpc) is 1.88. The third kappa shape index (κ3) is 0.975. The Kier molecular flexibility index (Phi) is 1.66. The van der Waals surface area contributed by atoms with E-state index in [1.807, 2.05) is 0 Å². The minimum absolute atomic E-state index is 0.0324. The number of hydrogen-bond donors (Lipinski definition) is 0. The Morgan fingerprint density at radius 2 is 1.80 bits per heavy atom. The molecule has 0 aliphatic rings. The Labute approximate surface area is 54.7 Å². The minimum Gasteiger partial charge on any atom is -0.298 e. The largest absolute Gasteiger partial charge is 0.298 e. The summed E-state index contributed by atoms with van der Waals surface area (Å²) in [5, 5.41) is 0. The van der Waals surface area contributed by atoms with Crippen LogP contribution in [0.15, 0.2) is 6.33 Å². The maximum absolute atomic E-state index is 12.2. The van der Waals surface area contributed by atoms with Gasteiger partial charge in [-0.3, -0.25) is 4.79 Å². The molecule has 1 aromatic heterocycles. The molecule has 0 atom stereocenters. The van der Waals surface area contributed by atoms with Gasteiger partial charge in [0.25, 0.3) is 0 Å². The van der Waals surface area contributed by atoms with E-state index in [1.54, 1.807) is 0 Å². The molecule has 0 amide bonds. The molecular formula is C5H2F2N2O. The van der Waals surface area contributed by atoms with Crippen molar-refractivity contribution in [3.05, 3.63) is 23.8 Å². The zero-order valence-corrected chi connectivity index (χ0v) is 4.71. The Morgan fingerprint density at radius 1 is 1.30 bits per heavy atom. The molecule has 1 rings (SSSR count). The van der Waals surface area contributed by atoms with E-state index in [2.05, 4.69) is 9.97 Å². The molecule has 0 spiro atoms. The fraction of sp³-hybridized carbons (Fsp3) is 0. The van der Waals surface area contributed by atoms with Crippen molar-refractivity contribution in [2.75, 3.05) is 0 Å². The zero-order valence-electron chi connectivity index (χ0n) is 4.71. The molecule has 0 unspecified atom stereocenters. The summed E-state index contributed by atoms with van der Waals surface area (Å²) in [5.74, 6) is -2.27. The molecule has 52 valence electrons. The first-order valence-corrected chi connectivity index (χ1v) is 2.37. The van der Waals surface area contributed by atoms with Crippen molar-refractivity contribution < 1.29 is 13.6 Å². The van der Waals surface area contributed by atoms with Crippen molar-refractivity contribution in [3.8, 4) is 0 Å². The van der Waals surface area contributed by atoms with Crippen LogP contribution < -0.4 is 0 Å². The predicted molar refractivity (Wildman–Crippen MR) is 27.3 cm³/mol. The van der Waals surface area contributed by atoms with Gasteiger partial charge in [0.05, 0.1) is 0 Å². The fourth-order valence-electron chi connectivity index (χ4n) is 0.452. The molecule has 0 aliphatic heterocycles. The lowest BCUT2D eigenvalue weighted by Crippen LogP contribution is -1.98. The maximum Gasteiger partial charge on any atom is 0.229 e. The van der Waals surface area contributed by atoms with E-state index in [0.29, 0.717) is 6.33 Å². The first kappa shape index (κ1) is 6.73. The summed E-state index contributed by atoms with van der Waals surface area (Å²) in [6, 6.07) is 0. The lowest BCUT2D eigenvalue weighted by atomic mass is 10.4. The molecule has 5 heteroatoms. The lowest BCUT2D eigenvalue weighted by molar-refractivity contribution is 0.111. The van der Waals surface area contributed by atoms with E-state index in [0.717, 1.165) is 0 Å². The van der Waals surface area contributed by atoms with E-state index >= 15 is 0 Å². The van der Waals surface area contributed by atoms with Gasteiger partial charge in [-0.05, 0) is 0 Å². The zero-order chi connectivity index (χ0) is 7.56. The minimum atomic E-state index is -1.14. The summed E-state index contributed by atoms with van der Waals surface area (Å²) in [6.45, 7) is 0. The lowest BCUT2D eigenvalue weighted by Gasteiger charge is -1.90. The van der Waals surface area contributed by atoms with Crippen molar-refractivity contribution in [1.29, 1.82) is 0 Å². The summed E-state index contributed by atoms with van der Waals surface area (Å²) in [5.41, 5.74) is -0.734. The van der Waals surface area contributed by atoms with Crippen LogP contribution in [-0.4, -0.2) is 16.3 Å². The van der Waals surface area contributed by atoms with Crippen molar-refractivity contribution in [2.24, 2.45) is 0 Å². The number of rotatable bonds is 1. The molecule has 0 saturated carbocycles. The molecule has 0 radical (unpaired) electrons. The summed E-state index contributed by atoms with van der Waals surface area (Å²) < 4.78 is 24.5. The Balaban J connectivity index is 3.30. The van der Waals surface area contributed by atoms with Crippen molar-refractivity contribution >= 4 is 6.29 Å². The molecule has 1 heterocycles. The van der Waals surface area contributed by atoms with Gasteiger partial charge in [0.1, 0.15) is 11.9 Å². The van der Waals surface area contributed by atoms with Gasteiger partial charge in [-0.1, -0.05) is 0 Å². The quantitative estimate of drug-likeness (QED) is 0.427. The average molecular weight is 144 g/mol. The van der Waals surface area contributed by atoms with Gasteiger partial charge >= 0.3 is 0 Å². The van der Waals surface area contributed by atoms with Gasteiger partial charge in [0.15, 0.2) is 6.29 Å². The van der Waals surface area contributed by atoms with E-state index in [1.165, 1.54) is 0 Å². The third-order valence-corrected chi connectivity index (χ3v) is 0.905. The van der Waals surface area contributed by atoms with Crippen LogP contribution in [0, 0.1) is 11.9 Å². The van der Waals surface area contributed by atoms with Gasteiger partial charge in [-0.15, -0.1) is 0 Å². The number of halogens is 2. The first-order chi connectivity index (χ1) is 4.75. The van der Waals surface area contributed by atoms with Crippen LogP contribution in [-0.2, 0) is 0 Å². The summed E-state index contributed by atoms with van der Waals surface area (Å²) in [4.78, 5) is 15.8. The first-order valence-electron chi connectivity index (χ1n) is 2.37. The molecule has 0 bridgehead atoms. The standard InChI is InChI=1S/C5H2F2N2O/c6-4-3(1-10)5(7)9-2-8-4/h1-2H. The molecule has 0 N–H and O–H groups in total. The topological polar surface area (TPSA) is 42.9 Å².